The minimum absolute atomic E-state index is 0.118. The largest absolute Gasteiger partial charge is 0.493 e. The lowest BCUT2D eigenvalue weighted by molar-refractivity contribution is 0.0815. The molecule has 2 aliphatic heterocycles. The number of likely N-dealkylation sites (tertiary alicyclic amines) is 1. The number of urea groups is 1. The number of anilines is 2. The summed E-state index contributed by atoms with van der Waals surface area (Å²) in [5.41, 5.74) is 1.48. The fourth-order valence-corrected chi connectivity index (χ4v) is 4.39. The van der Waals surface area contributed by atoms with Gasteiger partial charge in [0.1, 0.15) is 5.66 Å². The minimum atomic E-state index is -0.547. The van der Waals surface area contributed by atoms with Crippen LogP contribution in [0.3, 0.4) is 0 Å². The molecule has 0 saturated carbocycles. The van der Waals surface area contributed by atoms with Crippen molar-refractivity contribution in [3.05, 3.63) is 47.0 Å². The van der Waals surface area contributed by atoms with E-state index in [1.807, 2.05) is 13.1 Å². The van der Waals surface area contributed by atoms with Gasteiger partial charge in [0.25, 0.3) is 5.91 Å². The summed E-state index contributed by atoms with van der Waals surface area (Å²) in [6.07, 6.45) is 1.20. The third-order valence-corrected chi connectivity index (χ3v) is 6.30. The van der Waals surface area contributed by atoms with E-state index >= 15 is 0 Å². The number of piperidine rings is 1. The van der Waals surface area contributed by atoms with E-state index in [-0.39, 0.29) is 11.9 Å². The number of fused-ring (bicyclic) bond motifs is 1. The summed E-state index contributed by atoms with van der Waals surface area (Å²) < 4.78 is 10.5. The highest BCUT2D eigenvalue weighted by Crippen LogP contribution is 2.37. The molecule has 2 aromatic rings. The maximum Gasteiger partial charge on any atom is 0.321 e. The average molecular weight is 445 g/mol. The van der Waals surface area contributed by atoms with Crippen LogP contribution in [0.1, 0.15) is 23.2 Å². The number of methoxy groups -OCH3 is 2. The Balaban J connectivity index is 1.45. The van der Waals surface area contributed by atoms with E-state index in [0.29, 0.717) is 53.7 Å². The number of hydrogen-bond donors (Lipinski definition) is 2. The van der Waals surface area contributed by atoms with Crippen molar-refractivity contribution in [1.82, 2.24) is 10.2 Å². The Labute approximate surface area is 186 Å². The normalized spacial score (nSPS) is 17.1. The highest BCUT2D eigenvalue weighted by atomic mass is 35.5. The van der Waals surface area contributed by atoms with Gasteiger partial charge in [0.15, 0.2) is 11.5 Å². The van der Waals surface area contributed by atoms with Gasteiger partial charge < -0.3 is 29.9 Å². The van der Waals surface area contributed by atoms with Crippen molar-refractivity contribution >= 4 is 34.9 Å². The molecule has 8 nitrogen and oxygen atoms in total. The highest BCUT2D eigenvalue weighted by Gasteiger charge is 2.44. The van der Waals surface area contributed by atoms with Gasteiger partial charge in [-0.3, -0.25) is 4.79 Å². The molecule has 2 aromatic carbocycles. The van der Waals surface area contributed by atoms with Gasteiger partial charge in [0, 0.05) is 49.8 Å². The number of ether oxygens (including phenoxy) is 2. The first kappa shape index (κ1) is 21.1. The van der Waals surface area contributed by atoms with E-state index in [0.717, 1.165) is 5.69 Å². The first-order valence-corrected chi connectivity index (χ1v) is 10.4. The van der Waals surface area contributed by atoms with Crippen molar-refractivity contribution in [3.63, 3.8) is 0 Å². The lowest BCUT2D eigenvalue weighted by atomic mass is 9.90. The number of hydrogen-bond acceptors (Lipinski definition) is 5. The molecule has 1 spiro atoms. The van der Waals surface area contributed by atoms with E-state index in [4.69, 9.17) is 21.1 Å². The summed E-state index contributed by atoms with van der Waals surface area (Å²) in [5, 5.41) is 6.64. The third kappa shape index (κ3) is 3.83. The SMILES string of the molecule is COc1ccc(NC(=O)N2CCC3(CC2)NC(=O)c2ccc(Cl)cc2N3C)cc1OC. The Morgan fingerprint density at radius 3 is 2.48 bits per heavy atom. The number of nitrogens with one attached hydrogen (secondary N) is 2. The molecule has 0 unspecified atom stereocenters. The van der Waals surface area contributed by atoms with Gasteiger partial charge in [-0.05, 0) is 30.3 Å². The quantitative estimate of drug-likeness (QED) is 0.756. The number of rotatable bonds is 3. The molecular formula is C22H25ClN4O4. The third-order valence-electron chi connectivity index (χ3n) is 6.07. The van der Waals surface area contributed by atoms with E-state index in [1.54, 1.807) is 49.5 Å². The van der Waals surface area contributed by atoms with Crippen LogP contribution in [0.5, 0.6) is 11.5 Å². The van der Waals surface area contributed by atoms with Gasteiger partial charge in [-0.2, -0.15) is 0 Å². The monoisotopic (exact) mass is 444 g/mol. The van der Waals surface area contributed by atoms with Crippen molar-refractivity contribution in [2.75, 3.05) is 44.6 Å². The molecule has 0 aliphatic carbocycles. The predicted octanol–water partition coefficient (Wildman–Crippen LogP) is 3.56. The Bertz CT molecular complexity index is 1020. The Hall–Kier alpha value is -3.13. The zero-order valence-electron chi connectivity index (χ0n) is 17.7. The van der Waals surface area contributed by atoms with Crippen LogP contribution in [0.15, 0.2) is 36.4 Å². The summed E-state index contributed by atoms with van der Waals surface area (Å²) in [5.74, 6) is 1.02. The van der Waals surface area contributed by atoms with Gasteiger partial charge in [-0.1, -0.05) is 11.6 Å². The maximum atomic E-state index is 12.8. The molecule has 0 radical (unpaired) electrons. The summed E-state index contributed by atoms with van der Waals surface area (Å²) in [6, 6.07) is 10.3. The van der Waals surface area contributed by atoms with E-state index in [2.05, 4.69) is 15.5 Å². The highest BCUT2D eigenvalue weighted by molar-refractivity contribution is 6.31. The molecule has 164 valence electrons. The molecule has 2 N–H and O–H groups in total. The fourth-order valence-electron chi connectivity index (χ4n) is 4.22. The van der Waals surface area contributed by atoms with Crippen LogP contribution < -0.4 is 25.0 Å². The minimum Gasteiger partial charge on any atom is -0.493 e. The second-order valence-electron chi connectivity index (χ2n) is 7.69. The Morgan fingerprint density at radius 2 is 1.81 bits per heavy atom. The van der Waals surface area contributed by atoms with Crippen molar-refractivity contribution in [2.24, 2.45) is 0 Å². The Morgan fingerprint density at radius 1 is 1.10 bits per heavy atom. The van der Waals surface area contributed by atoms with Crippen LogP contribution in [0.4, 0.5) is 16.2 Å². The maximum absolute atomic E-state index is 12.8. The zero-order valence-corrected chi connectivity index (χ0v) is 18.5. The smallest absolute Gasteiger partial charge is 0.321 e. The first-order valence-electron chi connectivity index (χ1n) is 10.0. The van der Waals surface area contributed by atoms with E-state index in [1.165, 1.54) is 0 Å². The average Bonchev–Trinajstić information content (AvgIpc) is 2.77. The molecule has 0 aromatic heterocycles. The first-order chi connectivity index (χ1) is 14.9. The predicted molar refractivity (Wildman–Crippen MR) is 119 cm³/mol. The van der Waals surface area contributed by atoms with Gasteiger partial charge >= 0.3 is 6.03 Å². The van der Waals surface area contributed by atoms with E-state index in [9.17, 15) is 9.59 Å². The fraction of sp³-hybridized carbons (Fsp3) is 0.364. The molecule has 4 rings (SSSR count). The van der Waals surface area contributed by atoms with Crippen molar-refractivity contribution in [2.45, 2.75) is 18.5 Å². The van der Waals surface area contributed by atoms with Crippen LogP contribution >= 0.6 is 11.6 Å². The molecule has 9 heteroatoms. The second-order valence-corrected chi connectivity index (χ2v) is 8.13. The van der Waals surface area contributed by atoms with Gasteiger partial charge in [-0.25, -0.2) is 4.79 Å². The molecule has 1 saturated heterocycles. The second kappa shape index (κ2) is 8.19. The number of carbonyl (C=O) groups is 2. The molecular weight excluding hydrogens is 420 g/mol. The zero-order chi connectivity index (χ0) is 22.2. The summed E-state index contributed by atoms with van der Waals surface area (Å²) in [7, 11) is 5.06. The van der Waals surface area contributed by atoms with Crippen LogP contribution in [0.2, 0.25) is 5.02 Å². The van der Waals surface area contributed by atoms with Gasteiger partial charge in [0.2, 0.25) is 0 Å². The van der Waals surface area contributed by atoms with Gasteiger partial charge in [-0.15, -0.1) is 0 Å². The van der Waals surface area contributed by atoms with Crippen molar-refractivity contribution in [3.8, 4) is 11.5 Å². The molecule has 3 amide bonds. The summed E-state index contributed by atoms with van der Waals surface area (Å²) in [4.78, 5) is 29.3. The summed E-state index contributed by atoms with van der Waals surface area (Å²) >= 11 is 6.16. The van der Waals surface area contributed by atoms with Crippen LogP contribution in [-0.4, -0.2) is 56.9 Å². The number of halogens is 1. The van der Waals surface area contributed by atoms with Crippen LogP contribution in [-0.2, 0) is 0 Å². The number of benzene rings is 2. The Kier molecular flexibility index (Phi) is 5.58. The molecule has 0 bridgehead atoms. The number of carbonyl (C=O) groups excluding carboxylic acids is 2. The van der Waals surface area contributed by atoms with Crippen molar-refractivity contribution in [1.29, 1.82) is 0 Å². The van der Waals surface area contributed by atoms with Crippen LogP contribution in [0, 0.1) is 0 Å². The molecule has 1 fully saturated rings. The topological polar surface area (TPSA) is 83.1 Å². The molecule has 2 heterocycles. The molecule has 0 atom stereocenters. The number of nitrogens with zero attached hydrogens (tertiary/aromatic N) is 2. The lowest BCUT2D eigenvalue weighted by Crippen LogP contribution is -2.67. The standard InChI is InChI=1S/C22H25ClN4O4/c1-26-17-12-14(23)4-6-16(17)20(28)25-22(26)8-10-27(11-9-22)21(29)24-15-5-7-18(30-2)19(13-15)31-3/h4-7,12-13H,8-11H2,1-3H3,(H,24,29)(H,25,28). The molecule has 2 aliphatic rings. The van der Waals surface area contributed by atoms with Crippen LogP contribution in [0.25, 0.3) is 0 Å². The van der Waals surface area contributed by atoms with E-state index < -0.39 is 5.66 Å². The number of amides is 3. The lowest BCUT2D eigenvalue weighted by Gasteiger charge is -2.51. The van der Waals surface area contributed by atoms with Crippen molar-refractivity contribution < 1.29 is 19.1 Å². The summed E-state index contributed by atoms with van der Waals surface area (Å²) in [6.45, 7) is 0.999. The van der Waals surface area contributed by atoms with Gasteiger partial charge in [0.05, 0.1) is 25.5 Å². The molecule has 31 heavy (non-hydrogen) atoms.